The van der Waals surface area contributed by atoms with Gasteiger partial charge in [-0.3, -0.25) is 9.59 Å². The number of ketones is 1. The fourth-order valence-corrected chi connectivity index (χ4v) is 3.26. The molecule has 1 amide bonds. The zero-order valence-electron chi connectivity index (χ0n) is 17.8. The number of aromatic nitrogens is 1. The third-order valence-corrected chi connectivity index (χ3v) is 4.87. The van der Waals surface area contributed by atoms with E-state index in [-0.39, 0.29) is 11.7 Å². The third kappa shape index (κ3) is 5.12. The summed E-state index contributed by atoms with van der Waals surface area (Å²) in [5.41, 5.74) is 1.62. The Morgan fingerprint density at radius 1 is 1.00 bits per heavy atom. The van der Waals surface area contributed by atoms with E-state index in [1.165, 1.54) is 0 Å². The molecule has 0 fully saturated rings. The quantitative estimate of drug-likeness (QED) is 0.404. The Morgan fingerprint density at radius 2 is 1.71 bits per heavy atom. The summed E-state index contributed by atoms with van der Waals surface area (Å²) < 4.78 is 10.8. The minimum atomic E-state index is -0.905. The molecule has 31 heavy (non-hydrogen) atoms. The maximum absolute atomic E-state index is 12.8. The summed E-state index contributed by atoms with van der Waals surface area (Å²) in [4.78, 5) is 41.0. The summed E-state index contributed by atoms with van der Waals surface area (Å²) >= 11 is 0. The molecule has 1 unspecified atom stereocenters. The summed E-state index contributed by atoms with van der Waals surface area (Å²) in [6.45, 7) is 5.42. The largest absolute Gasteiger partial charge is 0.493 e. The van der Waals surface area contributed by atoms with Crippen molar-refractivity contribution in [2.75, 3.05) is 13.2 Å². The van der Waals surface area contributed by atoms with Gasteiger partial charge in [-0.1, -0.05) is 44.2 Å². The van der Waals surface area contributed by atoms with Crippen molar-refractivity contribution < 1.29 is 23.9 Å². The summed E-state index contributed by atoms with van der Waals surface area (Å²) in [6, 6.07) is 13.3. The Bertz CT molecular complexity index is 1090. The van der Waals surface area contributed by atoms with E-state index in [9.17, 15) is 14.4 Å². The molecule has 0 aliphatic rings. The van der Waals surface area contributed by atoms with Crippen LogP contribution in [0.5, 0.6) is 5.75 Å². The van der Waals surface area contributed by atoms with Gasteiger partial charge in [-0.15, -0.1) is 0 Å². The number of hydrogen-bond donors (Lipinski definition) is 2. The first-order valence-corrected chi connectivity index (χ1v) is 10.2. The summed E-state index contributed by atoms with van der Waals surface area (Å²) in [7, 11) is 0. The minimum absolute atomic E-state index is 0.237. The van der Waals surface area contributed by atoms with Crippen molar-refractivity contribution in [2.24, 2.45) is 5.92 Å². The number of nitrogens with one attached hydrogen (secondary N) is 2. The fraction of sp³-hybridized carbons (Fsp3) is 0.292. The lowest BCUT2D eigenvalue weighted by Crippen LogP contribution is -2.45. The van der Waals surface area contributed by atoms with Crippen LogP contribution in [0, 0.1) is 5.92 Å². The number of amides is 1. The summed E-state index contributed by atoms with van der Waals surface area (Å²) in [5.74, 6) is -1.22. The van der Waals surface area contributed by atoms with Crippen LogP contribution in [0.3, 0.4) is 0 Å². The van der Waals surface area contributed by atoms with E-state index < -0.39 is 24.5 Å². The molecular weight excluding hydrogens is 396 g/mol. The Balaban J connectivity index is 1.67. The summed E-state index contributed by atoms with van der Waals surface area (Å²) in [5, 5.41) is 3.48. The number of aromatic amines is 1. The van der Waals surface area contributed by atoms with E-state index in [4.69, 9.17) is 9.47 Å². The van der Waals surface area contributed by atoms with Gasteiger partial charge in [0.05, 0.1) is 12.2 Å². The molecule has 7 heteroatoms. The van der Waals surface area contributed by atoms with E-state index in [1.54, 1.807) is 44.3 Å². The van der Waals surface area contributed by atoms with Crippen molar-refractivity contribution in [3.05, 3.63) is 65.9 Å². The Hall–Kier alpha value is -3.61. The van der Waals surface area contributed by atoms with Gasteiger partial charge in [0.25, 0.3) is 5.91 Å². The van der Waals surface area contributed by atoms with E-state index in [0.29, 0.717) is 23.5 Å². The smallest absolute Gasteiger partial charge is 0.329 e. The lowest BCUT2D eigenvalue weighted by molar-refractivity contribution is -0.145. The Kier molecular flexibility index (Phi) is 7.07. The fourth-order valence-electron chi connectivity index (χ4n) is 3.26. The number of carbonyl (C=O) groups excluding carboxylic acids is 3. The number of H-pyrrole nitrogens is 1. The van der Waals surface area contributed by atoms with Gasteiger partial charge in [0, 0.05) is 22.7 Å². The number of ether oxygens (including phenoxy) is 2. The van der Waals surface area contributed by atoms with Crippen LogP contribution in [0.4, 0.5) is 0 Å². The highest BCUT2D eigenvalue weighted by molar-refractivity contribution is 6.09. The van der Waals surface area contributed by atoms with Crippen molar-refractivity contribution in [3.63, 3.8) is 0 Å². The van der Waals surface area contributed by atoms with Crippen molar-refractivity contribution in [2.45, 2.75) is 26.8 Å². The first kappa shape index (κ1) is 22.1. The van der Waals surface area contributed by atoms with Gasteiger partial charge in [-0.25, -0.2) is 4.79 Å². The second-order valence-electron chi connectivity index (χ2n) is 7.40. The molecule has 3 rings (SSSR count). The van der Waals surface area contributed by atoms with Crippen molar-refractivity contribution in [1.29, 1.82) is 0 Å². The van der Waals surface area contributed by atoms with Gasteiger partial charge < -0.3 is 19.8 Å². The van der Waals surface area contributed by atoms with Crippen LogP contribution in [-0.2, 0) is 9.53 Å². The molecule has 162 valence electrons. The number of carbonyl (C=O) groups is 3. The molecule has 0 radical (unpaired) electrons. The molecule has 3 aromatic rings. The van der Waals surface area contributed by atoms with Crippen molar-refractivity contribution >= 4 is 28.6 Å². The van der Waals surface area contributed by atoms with Crippen LogP contribution >= 0.6 is 0 Å². The lowest BCUT2D eigenvalue weighted by Gasteiger charge is -2.21. The van der Waals surface area contributed by atoms with E-state index >= 15 is 0 Å². The van der Waals surface area contributed by atoms with Gasteiger partial charge in [-0.2, -0.15) is 0 Å². The predicted octanol–water partition coefficient (Wildman–Crippen LogP) is 3.75. The minimum Gasteiger partial charge on any atom is -0.493 e. The molecule has 1 aromatic heterocycles. The highest BCUT2D eigenvalue weighted by Gasteiger charge is 2.28. The van der Waals surface area contributed by atoms with Gasteiger partial charge in [0.15, 0.2) is 6.61 Å². The molecule has 0 aliphatic heterocycles. The monoisotopic (exact) mass is 422 g/mol. The third-order valence-electron chi connectivity index (χ3n) is 4.87. The molecular formula is C24H26N2O5. The van der Waals surface area contributed by atoms with E-state index in [2.05, 4.69) is 10.3 Å². The Morgan fingerprint density at radius 3 is 2.45 bits per heavy atom. The molecule has 2 N–H and O–H groups in total. The molecule has 1 atom stereocenters. The van der Waals surface area contributed by atoms with E-state index in [0.717, 1.165) is 10.9 Å². The molecule has 0 spiro atoms. The Labute approximate surface area is 180 Å². The molecule has 0 saturated heterocycles. The molecule has 7 nitrogen and oxygen atoms in total. The second-order valence-corrected chi connectivity index (χ2v) is 7.40. The SMILES string of the molecule is CCOc1ccccc1C(=O)NC(C(=O)OCC(=O)c1c[nH]c2ccccc12)C(C)C. The van der Waals surface area contributed by atoms with Crippen LogP contribution in [0.25, 0.3) is 10.9 Å². The van der Waals surface area contributed by atoms with Crippen LogP contribution < -0.4 is 10.1 Å². The highest BCUT2D eigenvalue weighted by atomic mass is 16.5. The van der Waals surface area contributed by atoms with Crippen LogP contribution in [0.2, 0.25) is 0 Å². The zero-order valence-corrected chi connectivity index (χ0v) is 17.8. The molecule has 0 aliphatic carbocycles. The number of Topliss-reactive ketones (excluding diaryl/α,β-unsaturated/α-hetero) is 1. The number of benzene rings is 2. The van der Waals surface area contributed by atoms with Gasteiger partial charge in [0.2, 0.25) is 5.78 Å². The summed E-state index contributed by atoms with van der Waals surface area (Å²) in [6.07, 6.45) is 1.60. The number of esters is 1. The number of para-hydroxylation sites is 2. The van der Waals surface area contributed by atoms with Crippen LogP contribution in [0.15, 0.2) is 54.7 Å². The topological polar surface area (TPSA) is 97.5 Å². The molecule has 2 aromatic carbocycles. The predicted molar refractivity (Wildman–Crippen MR) is 117 cm³/mol. The normalized spacial score (nSPS) is 11.9. The van der Waals surface area contributed by atoms with E-state index in [1.807, 2.05) is 31.2 Å². The maximum Gasteiger partial charge on any atom is 0.329 e. The highest BCUT2D eigenvalue weighted by Crippen LogP contribution is 2.20. The number of hydrogen-bond acceptors (Lipinski definition) is 5. The average molecular weight is 422 g/mol. The van der Waals surface area contributed by atoms with Gasteiger partial charge >= 0.3 is 5.97 Å². The van der Waals surface area contributed by atoms with Gasteiger partial charge in [-0.05, 0) is 31.0 Å². The first-order chi connectivity index (χ1) is 14.9. The molecule has 0 bridgehead atoms. The molecule has 1 heterocycles. The number of fused-ring (bicyclic) bond motifs is 1. The zero-order chi connectivity index (χ0) is 22.4. The average Bonchev–Trinajstić information content (AvgIpc) is 3.20. The van der Waals surface area contributed by atoms with Gasteiger partial charge in [0.1, 0.15) is 11.8 Å². The second kappa shape index (κ2) is 9.93. The van der Waals surface area contributed by atoms with Crippen molar-refractivity contribution in [3.8, 4) is 5.75 Å². The maximum atomic E-state index is 12.8. The van der Waals surface area contributed by atoms with Crippen molar-refractivity contribution in [1.82, 2.24) is 10.3 Å². The number of rotatable bonds is 9. The first-order valence-electron chi connectivity index (χ1n) is 10.2. The standard InChI is InChI=1S/C24H26N2O5/c1-4-30-21-12-8-6-10-17(21)23(28)26-22(15(2)3)24(29)31-14-20(27)18-13-25-19-11-7-5-9-16(18)19/h5-13,15,22,25H,4,14H2,1-3H3,(H,26,28). The molecule has 0 saturated carbocycles. The van der Waals surface area contributed by atoms with Crippen LogP contribution in [-0.4, -0.2) is 41.9 Å². The van der Waals surface area contributed by atoms with Crippen LogP contribution in [0.1, 0.15) is 41.5 Å². The lowest BCUT2D eigenvalue weighted by atomic mass is 10.0.